The predicted octanol–water partition coefficient (Wildman–Crippen LogP) is 6.51. The lowest BCUT2D eigenvalue weighted by Crippen LogP contribution is -2.24. The molecular weight excluding hydrogens is 387 g/mol. The highest BCUT2D eigenvalue weighted by Gasteiger charge is 2.43. The molecule has 5 rings (SSSR count). The lowest BCUT2D eigenvalue weighted by atomic mass is 10.00. The van der Waals surface area contributed by atoms with E-state index in [-0.39, 0.29) is 5.66 Å². The van der Waals surface area contributed by atoms with Gasteiger partial charge in [-0.1, -0.05) is 96.1 Å². The number of hydrogen-bond acceptors (Lipinski definition) is 2. The molecule has 1 heterocycles. The van der Waals surface area contributed by atoms with Gasteiger partial charge < -0.3 is 9.30 Å². The van der Waals surface area contributed by atoms with E-state index in [9.17, 15) is 0 Å². The molecule has 0 N–H and O–H groups in total. The van der Waals surface area contributed by atoms with E-state index in [1.54, 1.807) is 0 Å². The number of fused-ring (bicyclic) bond motifs is 2. The Labute approximate surface area is 177 Å². The summed E-state index contributed by atoms with van der Waals surface area (Å²) >= 11 is 0. The van der Waals surface area contributed by atoms with Crippen LogP contribution in [0.3, 0.4) is 0 Å². The largest absolute Gasteiger partial charge is 0.457 e. The zero-order valence-corrected chi connectivity index (χ0v) is 18.0. The van der Waals surface area contributed by atoms with Gasteiger partial charge >= 0.3 is 0 Å². The van der Waals surface area contributed by atoms with Crippen molar-refractivity contribution in [2.75, 3.05) is 0 Å². The van der Waals surface area contributed by atoms with E-state index in [0.717, 1.165) is 44.4 Å². The van der Waals surface area contributed by atoms with Crippen LogP contribution in [0.1, 0.15) is 27.9 Å². The Hall–Kier alpha value is -3.09. The van der Waals surface area contributed by atoms with Crippen LogP contribution in [0.25, 0.3) is 0 Å². The molecule has 0 aromatic heterocycles. The number of para-hydroxylation sites is 2. The molecule has 30 heavy (non-hydrogen) atoms. The van der Waals surface area contributed by atoms with Gasteiger partial charge in [0.15, 0.2) is 7.14 Å². The summed E-state index contributed by atoms with van der Waals surface area (Å²) in [7, 11) is -3.08. The molecule has 0 saturated heterocycles. The van der Waals surface area contributed by atoms with Gasteiger partial charge in [-0.2, -0.15) is 0 Å². The van der Waals surface area contributed by atoms with Crippen LogP contribution >= 0.6 is 7.14 Å². The zero-order chi connectivity index (χ0) is 20.7. The molecular formula is C27H23O2P. The molecule has 0 spiro atoms. The second-order valence-electron chi connectivity index (χ2n) is 7.91. The average molecular weight is 410 g/mol. The monoisotopic (exact) mass is 410 g/mol. The Morgan fingerprint density at radius 1 is 0.600 bits per heavy atom. The van der Waals surface area contributed by atoms with Crippen molar-refractivity contribution < 1.29 is 9.30 Å². The van der Waals surface area contributed by atoms with Gasteiger partial charge in [0.1, 0.15) is 11.5 Å². The van der Waals surface area contributed by atoms with Crippen molar-refractivity contribution >= 4 is 17.8 Å². The minimum Gasteiger partial charge on any atom is -0.457 e. The Bertz CT molecular complexity index is 1160. The average Bonchev–Trinajstić information content (AvgIpc) is 2.78. The molecule has 0 aliphatic carbocycles. The molecule has 1 aliphatic heterocycles. The second kappa shape index (κ2) is 7.31. The van der Waals surface area contributed by atoms with Crippen LogP contribution in [-0.4, -0.2) is 0 Å². The molecule has 2 nitrogen and oxygen atoms in total. The van der Waals surface area contributed by atoms with Crippen LogP contribution in [0.4, 0.5) is 0 Å². The van der Waals surface area contributed by atoms with Gasteiger partial charge in [0.2, 0.25) is 0 Å². The van der Waals surface area contributed by atoms with Crippen molar-refractivity contribution in [2.45, 2.75) is 19.5 Å². The van der Waals surface area contributed by atoms with Crippen LogP contribution in [-0.2, 0) is 4.57 Å². The summed E-state index contributed by atoms with van der Waals surface area (Å²) in [6.07, 6.45) is 0. The fourth-order valence-electron chi connectivity index (χ4n) is 4.26. The molecule has 0 unspecified atom stereocenters. The van der Waals surface area contributed by atoms with Gasteiger partial charge in [0.25, 0.3) is 0 Å². The van der Waals surface area contributed by atoms with Crippen molar-refractivity contribution in [1.82, 2.24) is 0 Å². The number of aryl methyl sites for hydroxylation is 2. The van der Waals surface area contributed by atoms with Gasteiger partial charge in [0.05, 0.1) is 5.66 Å². The van der Waals surface area contributed by atoms with Crippen molar-refractivity contribution in [3.05, 3.63) is 119 Å². The molecule has 148 valence electrons. The quantitative estimate of drug-likeness (QED) is 0.360. The maximum atomic E-state index is 15.3. The second-order valence-corrected chi connectivity index (χ2v) is 10.8. The lowest BCUT2D eigenvalue weighted by molar-refractivity contribution is 0.456. The van der Waals surface area contributed by atoms with E-state index < -0.39 is 7.14 Å². The van der Waals surface area contributed by atoms with Gasteiger partial charge in [-0.15, -0.1) is 0 Å². The van der Waals surface area contributed by atoms with Gasteiger partial charge in [-0.25, -0.2) is 0 Å². The predicted molar refractivity (Wildman–Crippen MR) is 124 cm³/mol. The number of rotatable bonds is 3. The highest BCUT2D eigenvalue weighted by molar-refractivity contribution is 7.79. The minimum absolute atomic E-state index is 0.302. The lowest BCUT2D eigenvalue weighted by Gasteiger charge is -2.34. The molecule has 0 bridgehead atoms. The zero-order valence-electron chi connectivity index (χ0n) is 17.1. The van der Waals surface area contributed by atoms with E-state index >= 15 is 4.57 Å². The maximum Gasteiger partial charge on any atom is 0.154 e. The molecule has 0 amide bonds. The van der Waals surface area contributed by atoms with Crippen molar-refractivity contribution in [2.24, 2.45) is 0 Å². The van der Waals surface area contributed by atoms with Crippen molar-refractivity contribution in [1.29, 1.82) is 0 Å². The Morgan fingerprint density at radius 2 is 1.00 bits per heavy atom. The molecule has 0 saturated carbocycles. The highest BCUT2D eigenvalue weighted by Crippen LogP contribution is 2.64. The van der Waals surface area contributed by atoms with Crippen LogP contribution in [0, 0.1) is 13.8 Å². The minimum atomic E-state index is -3.08. The van der Waals surface area contributed by atoms with Gasteiger partial charge in [0, 0.05) is 21.7 Å². The Morgan fingerprint density at radius 3 is 1.43 bits per heavy atom. The molecule has 4 aromatic rings. The van der Waals surface area contributed by atoms with Crippen LogP contribution in [0.2, 0.25) is 0 Å². The maximum absolute atomic E-state index is 15.3. The Kier molecular flexibility index (Phi) is 4.60. The molecule has 1 aliphatic rings. The van der Waals surface area contributed by atoms with Crippen LogP contribution in [0.15, 0.2) is 97.1 Å². The summed E-state index contributed by atoms with van der Waals surface area (Å²) < 4.78 is 21.5. The third-order valence-corrected chi connectivity index (χ3v) is 9.26. The SMILES string of the molecule is Cc1ccc(P(=O)(c2ccc(C)cc2)C2c3ccccc3Oc3ccccc32)cc1. The summed E-state index contributed by atoms with van der Waals surface area (Å²) in [6.45, 7) is 4.11. The summed E-state index contributed by atoms with van der Waals surface area (Å²) in [5, 5.41) is 1.74. The summed E-state index contributed by atoms with van der Waals surface area (Å²) in [4.78, 5) is 0. The third-order valence-electron chi connectivity index (χ3n) is 5.85. The fourth-order valence-corrected chi connectivity index (χ4v) is 7.54. The number of benzene rings is 4. The summed E-state index contributed by atoms with van der Waals surface area (Å²) in [5.41, 5.74) is 3.95. The first-order valence-corrected chi connectivity index (χ1v) is 11.9. The van der Waals surface area contributed by atoms with Crippen LogP contribution in [0.5, 0.6) is 11.5 Å². The number of ether oxygens (including phenoxy) is 1. The van der Waals surface area contributed by atoms with Crippen molar-refractivity contribution in [3.8, 4) is 11.5 Å². The van der Waals surface area contributed by atoms with E-state index in [1.165, 1.54) is 0 Å². The van der Waals surface area contributed by atoms with E-state index in [2.05, 4.69) is 13.8 Å². The van der Waals surface area contributed by atoms with Crippen LogP contribution < -0.4 is 15.3 Å². The molecule has 0 fully saturated rings. The Balaban J connectivity index is 1.84. The van der Waals surface area contributed by atoms with Crippen molar-refractivity contribution in [3.63, 3.8) is 0 Å². The first kappa shape index (κ1) is 18.9. The molecule has 3 heteroatoms. The highest BCUT2D eigenvalue weighted by atomic mass is 31.2. The molecule has 4 aromatic carbocycles. The number of hydrogen-bond donors (Lipinski definition) is 0. The topological polar surface area (TPSA) is 26.3 Å². The first-order valence-electron chi connectivity index (χ1n) is 10.2. The van der Waals surface area contributed by atoms with E-state index in [1.807, 2.05) is 97.1 Å². The van der Waals surface area contributed by atoms with E-state index in [4.69, 9.17) is 4.74 Å². The first-order chi connectivity index (χ1) is 14.6. The van der Waals surface area contributed by atoms with Gasteiger partial charge in [-0.3, -0.25) is 0 Å². The van der Waals surface area contributed by atoms with E-state index in [0.29, 0.717) is 0 Å². The summed E-state index contributed by atoms with van der Waals surface area (Å²) in [6, 6.07) is 32.2. The third kappa shape index (κ3) is 3.00. The standard InChI is InChI=1S/C27H23O2P/c1-19-11-15-21(16-12-19)30(28,22-17-13-20(2)14-18-22)27-23-7-3-5-9-25(23)29-26-10-6-4-8-24(26)27/h3-18,27H,1-2H3. The fraction of sp³-hybridized carbons (Fsp3) is 0.111. The smallest absolute Gasteiger partial charge is 0.154 e. The molecule has 0 atom stereocenters. The molecule has 0 radical (unpaired) electrons. The summed E-state index contributed by atoms with van der Waals surface area (Å²) in [5.74, 6) is 1.56. The van der Waals surface area contributed by atoms with Gasteiger partial charge in [-0.05, 0) is 26.0 Å². The normalized spacial score (nSPS) is 13.3.